The zero-order chi connectivity index (χ0) is 29.5. The Balaban J connectivity index is 1.59. The first kappa shape index (κ1) is 28.1. The maximum Gasteiger partial charge on any atom is 0.433 e. The fourth-order valence-corrected chi connectivity index (χ4v) is 5.30. The smallest absolute Gasteiger partial charge is 0.433 e. The molecule has 4 heterocycles. The number of carbonyl (C=O) groups is 2. The number of thiophene rings is 1. The molecule has 4 aromatic heterocycles. The van der Waals surface area contributed by atoms with Gasteiger partial charge in [-0.1, -0.05) is 11.6 Å². The van der Waals surface area contributed by atoms with Gasteiger partial charge in [-0.15, -0.1) is 11.3 Å². The van der Waals surface area contributed by atoms with Crippen LogP contribution in [0.15, 0.2) is 48.8 Å². The van der Waals surface area contributed by atoms with Crippen LogP contribution < -0.4 is 15.8 Å². The standard InChI is InChI=1S/C26H21ClF3N7O3S/c1-3-36-11-17(13(2)35-36)16-10-19(26(28,29)30)33-25-20(16)21(22(41-25)23(31)38)34-24(39)18-8-9-32-37(18)12-40-15-6-4-14(27)5-7-15/h4-11H,3,12H2,1-2H3,(H2,31,38)(H,34,39). The van der Waals surface area contributed by atoms with E-state index in [0.717, 1.165) is 6.07 Å². The molecule has 0 aliphatic rings. The molecule has 0 aliphatic heterocycles. The maximum atomic E-state index is 13.8. The Bertz CT molecular complexity index is 1780. The molecule has 2 amide bonds. The molecule has 5 rings (SSSR count). The van der Waals surface area contributed by atoms with Crippen molar-refractivity contribution < 1.29 is 27.5 Å². The molecule has 0 bridgehead atoms. The second kappa shape index (κ2) is 10.9. The quantitative estimate of drug-likeness (QED) is 0.232. The van der Waals surface area contributed by atoms with Gasteiger partial charge < -0.3 is 15.8 Å². The lowest BCUT2D eigenvalue weighted by Gasteiger charge is -2.13. The summed E-state index contributed by atoms with van der Waals surface area (Å²) < 4.78 is 50.0. The first-order valence-corrected chi connectivity index (χ1v) is 13.3. The Kier molecular flexibility index (Phi) is 7.44. The number of amides is 2. The van der Waals surface area contributed by atoms with Crippen LogP contribution in [0.25, 0.3) is 21.3 Å². The number of nitrogens with two attached hydrogens (primary N) is 1. The van der Waals surface area contributed by atoms with Crippen molar-refractivity contribution in [3.05, 3.63) is 75.8 Å². The Morgan fingerprint density at radius 1 is 1.17 bits per heavy atom. The van der Waals surface area contributed by atoms with E-state index in [2.05, 4.69) is 20.5 Å². The van der Waals surface area contributed by atoms with Gasteiger partial charge in [0.15, 0.2) is 6.73 Å². The number of primary amides is 1. The SMILES string of the molecule is CCn1cc(-c2cc(C(F)(F)F)nc3sc(C(N)=O)c(NC(=O)c4ccnn4COc4ccc(Cl)cc4)c23)c(C)n1. The number of pyridine rings is 1. The monoisotopic (exact) mass is 603 g/mol. The van der Waals surface area contributed by atoms with E-state index in [0.29, 0.717) is 39.9 Å². The zero-order valence-electron chi connectivity index (χ0n) is 21.5. The molecule has 5 aromatic rings. The highest BCUT2D eigenvalue weighted by molar-refractivity contribution is 7.21. The van der Waals surface area contributed by atoms with E-state index in [4.69, 9.17) is 22.1 Å². The van der Waals surface area contributed by atoms with E-state index in [1.165, 1.54) is 16.9 Å². The molecule has 0 atom stereocenters. The second-order valence-corrected chi connectivity index (χ2v) is 10.2. The Morgan fingerprint density at radius 2 is 1.90 bits per heavy atom. The van der Waals surface area contributed by atoms with Crippen molar-refractivity contribution in [3.63, 3.8) is 0 Å². The predicted molar refractivity (Wildman–Crippen MR) is 147 cm³/mol. The number of carbonyl (C=O) groups excluding carboxylic acids is 2. The van der Waals surface area contributed by atoms with Crippen molar-refractivity contribution >= 4 is 50.7 Å². The van der Waals surface area contributed by atoms with Gasteiger partial charge in [0.2, 0.25) is 0 Å². The largest absolute Gasteiger partial charge is 0.471 e. The lowest BCUT2D eigenvalue weighted by molar-refractivity contribution is -0.140. The van der Waals surface area contributed by atoms with Crippen LogP contribution in [-0.4, -0.2) is 36.4 Å². The highest BCUT2D eigenvalue weighted by atomic mass is 35.5. The highest BCUT2D eigenvalue weighted by Gasteiger charge is 2.35. The molecular formula is C26H21ClF3N7O3S. The third-order valence-electron chi connectivity index (χ3n) is 6.09. The predicted octanol–water partition coefficient (Wildman–Crippen LogP) is 5.74. The molecule has 10 nitrogen and oxygen atoms in total. The number of aromatic nitrogens is 5. The summed E-state index contributed by atoms with van der Waals surface area (Å²) in [5.41, 5.74) is 5.38. The lowest BCUT2D eigenvalue weighted by Crippen LogP contribution is -2.21. The third kappa shape index (κ3) is 5.60. The summed E-state index contributed by atoms with van der Waals surface area (Å²) in [6.45, 7) is 3.82. The summed E-state index contributed by atoms with van der Waals surface area (Å²) in [5.74, 6) is -1.16. The minimum atomic E-state index is -4.77. The van der Waals surface area contributed by atoms with Crippen LogP contribution in [0, 0.1) is 6.92 Å². The van der Waals surface area contributed by atoms with E-state index in [9.17, 15) is 22.8 Å². The van der Waals surface area contributed by atoms with Crippen molar-refractivity contribution in [1.82, 2.24) is 24.5 Å². The summed E-state index contributed by atoms with van der Waals surface area (Å²) in [5, 5.41) is 11.8. The van der Waals surface area contributed by atoms with Crippen LogP contribution in [0.5, 0.6) is 5.75 Å². The normalized spacial score (nSPS) is 11.7. The molecule has 0 fully saturated rings. The van der Waals surface area contributed by atoms with Crippen molar-refractivity contribution in [2.45, 2.75) is 33.3 Å². The van der Waals surface area contributed by atoms with E-state index >= 15 is 0 Å². The summed E-state index contributed by atoms with van der Waals surface area (Å²) in [6, 6.07) is 8.88. The molecule has 0 radical (unpaired) electrons. The molecule has 0 saturated carbocycles. The molecule has 41 heavy (non-hydrogen) atoms. The number of nitrogens with one attached hydrogen (secondary N) is 1. The molecule has 0 saturated heterocycles. The van der Waals surface area contributed by atoms with Crippen molar-refractivity contribution in [3.8, 4) is 16.9 Å². The third-order valence-corrected chi connectivity index (χ3v) is 7.44. The summed E-state index contributed by atoms with van der Waals surface area (Å²) in [7, 11) is 0. The fraction of sp³-hybridized carbons (Fsp3) is 0.192. The van der Waals surface area contributed by atoms with E-state index in [-0.39, 0.29) is 38.8 Å². The Hall–Kier alpha value is -4.43. The fourth-order valence-electron chi connectivity index (χ4n) is 4.17. The van der Waals surface area contributed by atoms with Gasteiger partial charge >= 0.3 is 6.18 Å². The van der Waals surface area contributed by atoms with Crippen LogP contribution in [0.1, 0.15) is 38.5 Å². The highest BCUT2D eigenvalue weighted by Crippen LogP contribution is 2.44. The van der Waals surface area contributed by atoms with Gasteiger partial charge in [-0.2, -0.15) is 23.4 Å². The van der Waals surface area contributed by atoms with Gasteiger partial charge in [-0.3, -0.25) is 14.3 Å². The van der Waals surface area contributed by atoms with E-state index < -0.39 is 23.7 Å². The minimum absolute atomic E-state index is 0.0603. The molecule has 0 spiro atoms. The summed E-state index contributed by atoms with van der Waals surface area (Å²) >= 11 is 6.55. The molecule has 1 aromatic carbocycles. The second-order valence-electron chi connectivity index (χ2n) is 8.78. The number of fused-ring (bicyclic) bond motifs is 1. The molecular weight excluding hydrogens is 583 g/mol. The van der Waals surface area contributed by atoms with Crippen molar-refractivity contribution in [2.24, 2.45) is 5.73 Å². The topological polar surface area (TPSA) is 130 Å². The average Bonchev–Trinajstić information content (AvgIpc) is 3.64. The first-order valence-electron chi connectivity index (χ1n) is 12.1. The van der Waals surface area contributed by atoms with Crippen LogP contribution >= 0.6 is 22.9 Å². The van der Waals surface area contributed by atoms with E-state index in [1.54, 1.807) is 42.1 Å². The summed E-state index contributed by atoms with van der Waals surface area (Å²) in [4.78, 5) is 29.4. The van der Waals surface area contributed by atoms with Crippen LogP contribution in [-0.2, 0) is 19.5 Å². The number of ether oxygens (including phenoxy) is 1. The number of nitrogens with zero attached hydrogens (tertiary/aromatic N) is 5. The Labute approximate surface area is 239 Å². The minimum Gasteiger partial charge on any atom is -0.471 e. The van der Waals surface area contributed by atoms with Gasteiger partial charge in [-0.05, 0) is 55.8 Å². The number of halogens is 4. The number of aryl methyl sites for hydroxylation is 2. The van der Waals surface area contributed by atoms with E-state index in [1.807, 2.05) is 6.92 Å². The number of anilines is 1. The number of rotatable bonds is 8. The summed E-state index contributed by atoms with van der Waals surface area (Å²) in [6.07, 6.45) is -1.79. The van der Waals surface area contributed by atoms with Gasteiger partial charge in [0.25, 0.3) is 11.8 Å². The molecule has 3 N–H and O–H groups in total. The van der Waals surface area contributed by atoms with Crippen molar-refractivity contribution in [1.29, 1.82) is 0 Å². The van der Waals surface area contributed by atoms with Crippen molar-refractivity contribution in [2.75, 3.05) is 5.32 Å². The number of hydrogen-bond donors (Lipinski definition) is 2. The van der Waals surface area contributed by atoms with Gasteiger partial charge in [0.05, 0.1) is 11.4 Å². The Morgan fingerprint density at radius 3 is 2.54 bits per heavy atom. The van der Waals surface area contributed by atoms with Gasteiger partial charge in [0, 0.05) is 34.9 Å². The van der Waals surface area contributed by atoms with Crippen LogP contribution in [0.3, 0.4) is 0 Å². The lowest BCUT2D eigenvalue weighted by atomic mass is 10.0. The first-order chi connectivity index (χ1) is 19.5. The van der Waals surface area contributed by atoms with Gasteiger partial charge in [0.1, 0.15) is 26.8 Å². The van der Waals surface area contributed by atoms with Crippen LogP contribution in [0.2, 0.25) is 5.02 Å². The average molecular weight is 604 g/mol. The molecule has 15 heteroatoms. The number of alkyl halides is 3. The van der Waals surface area contributed by atoms with Gasteiger partial charge in [-0.25, -0.2) is 9.67 Å². The number of hydrogen-bond acceptors (Lipinski definition) is 7. The number of benzene rings is 1. The zero-order valence-corrected chi connectivity index (χ0v) is 23.1. The molecule has 0 unspecified atom stereocenters. The maximum absolute atomic E-state index is 13.8. The van der Waals surface area contributed by atoms with Crippen LogP contribution in [0.4, 0.5) is 18.9 Å². The molecule has 212 valence electrons. The molecule has 0 aliphatic carbocycles.